The smallest absolute Gasteiger partial charge is 0.230 e. The summed E-state index contributed by atoms with van der Waals surface area (Å²) >= 11 is 3.73. The summed E-state index contributed by atoms with van der Waals surface area (Å²) in [5, 5.41) is 16.3. The van der Waals surface area contributed by atoms with E-state index in [0.717, 1.165) is 53.6 Å². The van der Waals surface area contributed by atoms with E-state index in [-0.39, 0.29) is 35.1 Å². The lowest BCUT2D eigenvalue weighted by atomic mass is 9.71. The molecule has 214 valence electrons. The van der Waals surface area contributed by atoms with Crippen LogP contribution in [0.4, 0.5) is 0 Å². The van der Waals surface area contributed by atoms with Crippen LogP contribution in [-0.4, -0.2) is 81.4 Å². The molecule has 0 saturated carbocycles. The monoisotopic (exact) mass is 610 g/mol. The Morgan fingerprint density at radius 1 is 1.30 bits per heavy atom. The molecule has 2 aromatic rings. The van der Waals surface area contributed by atoms with Crippen molar-refractivity contribution in [2.24, 2.45) is 23.7 Å². The SMILES string of the molecule is CC(C)[C@@]1(NC(=O)C2C=C3c4cccc5[nH]c(Br)c(c45)CC3(C)N(C)C2)O[C@]2(O)C(C1=O)[C@@H](C)CN1CCCC12. The van der Waals surface area contributed by atoms with E-state index in [4.69, 9.17) is 4.74 Å². The second-order valence-corrected chi connectivity index (χ2v) is 14.2. The number of benzene rings is 1. The van der Waals surface area contributed by atoms with E-state index in [1.54, 1.807) is 0 Å². The van der Waals surface area contributed by atoms with E-state index in [1.807, 2.05) is 20.8 Å². The lowest BCUT2D eigenvalue weighted by Gasteiger charge is -2.48. The van der Waals surface area contributed by atoms with Crippen LogP contribution < -0.4 is 5.32 Å². The number of hydrogen-bond acceptors (Lipinski definition) is 6. The Morgan fingerprint density at radius 3 is 2.83 bits per heavy atom. The standard InChI is InChI=1S/C31H39BrN4O4/c1-16(2)30(26(37)25-17(3)14-36-11-7-10-23(36)31(25,39)40-30)34-28(38)18-12-21-19-8-6-9-22-24(19)20(27(32)33-22)13-29(21,4)35(5)15-18/h6,8-9,12,16-18,23,25,33,39H,7,10-11,13-15H2,1-5H3,(H,34,38)/t17-,18?,23?,25?,29?,30+,31-/m0/s1. The Balaban J connectivity index is 1.26. The van der Waals surface area contributed by atoms with Crippen molar-refractivity contribution in [3.63, 3.8) is 0 Å². The maximum Gasteiger partial charge on any atom is 0.230 e. The molecule has 3 N–H and O–H groups in total. The fraction of sp³-hybridized carbons (Fsp3) is 0.613. The lowest BCUT2D eigenvalue weighted by molar-refractivity contribution is -0.294. The lowest BCUT2D eigenvalue weighted by Crippen LogP contribution is -2.62. The van der Waals surface area contributed by atoms with Gasteiger partial charge in [0, 0.05) is 35.4 Å². The van der Waals surface area contributed by atoms with Gasteiger partial charge in [-0.1, -0.05) is 39.0 Å². The Bertz CT molecular complexity index is 1470. The molecule has 1 aromatic heterocycles. The average molecular weight is 612 g/mol. The highest BCUT2D eigenvalue weighted by Crippen LogP contribution is 2.53. The molecule has 40 heavy (non-hydrogen) atoms. The van der Waals surface area contributed by atoms with Crippen molar-refractivity contribution >= 4 is 44.1 Å². The number of nitrogens with one attached hydrogen (secondary N) is 2. The normalized spacial score (nSPS) is 39.3. The molecule has 1 aromatic carbocycles. The molecule has 0 bridgehead atoms. The number of H-pyrrole nitrogens is 1. The van der Waals surface area contributed by atoms with E-state index < -0.39 is 23.3 Å². The van der Waals surface area contributed by atoms with Crippen LogP contribution in [0.15, 0.2) is 28.9 Å². The molecule has 5 heterocycles. The Labute approximate surface area is 243 Å². The van der Waals surface area contributed by atoms with Crippen LogP contribution in [0.2, 0.25) is 0 Å². The topological polar surface area (TPSA) is 97.9 Å². The van der Waals surface area contributed by atoms with Crippen molar-refractivity contribution in [3.05, 3.63) is 40.0 Å². The number of likely N-dealkylation sites (N-methyl/N-ethyl adjacent to an activating group) is 1. The predicted molar refractivity (Wildman–Crippen MR) is 156 cm³/mol. The highest BCUT2D eigenvalue weighted by atomic mass is 79.9. The van der Waals surface area contributed by atoms with Gasteiger partial charge in [0.05, 0.1) is 22.5 Å². The van der Waals surface area contributed by atoms with Gasteiger partial charge in [0.15, 0.2) is 11.6 Å². The third kappa shape index (κ3) is 3.38. The summed E-state index contributed by atoms with van der Waals surface area (Å²) in [5.41, 5.74) is 2.76. The number of halogens is 1. The first-order valence-electron chi connectivity index (χ1n) is 14.7. The second kappa shape index (κ2) is 8.74. The first-order chi connectivity index (χ1) is 18.9. The number of hydrogen-bond donors (Lipinski definition) is 3. The van der Waals surface area contributed by atoms with Crippen LogP contribution in [0, 0.1) is 23.7 Å². The summed E-state index contributed by atoms with van der Waals surface area (Å²) in [7, 11) is 2.07. The molecule has 4 aliphatic heterocycles. The van der Waals surface area contributed by atoms with Crippen LogP contribution in [0.3, 0.4) is 0 Å². The Morgan fingerprint density at radius 2 is 2.08 bits per heavy atom. The molecule has 7 rings (SSSR count). The van der Waals surface area contributed by atoms with Gasteiger partial charge in [-0.2, -0.15) is 0 Å². The van der Waals surface area contributed by atoms with Crippen LogP contribution in [-0.2, 0) is 20.7 Å². The van der Waals surface area contributed by atoms with E-state index in [2.05, 4.69) is 74.3 Å². The van der Waals surface area contributed by atoms with Gasteiger partial charge in [0.2, 0.25) is 11.6 Å². The number of piperidine rings is 1. The minimum Gasteiger partial charge on any atom is -0.364 e. The molecule has 1 aliphatic carbocycles. The fourth-order valence-corrected chi connectivity index (χ4v) is 9.11. The molecule has 8 nitrogen and oxygen atoms in total. The molecule has 5 aliphatic rings. The zero-order valence-corrected chi connectivity index (χ0v) is 25.5. The number of carbonyl (C=O) groups is 2. The summed E-state index contributed by atoms with van der Waals surface area (Å²) in [5.74, 6) is -3.57. The molecule has 4 unspecified atom stereocenters. The van der Waals surface area contributed by atoms with Crippen molar-refractivity contribution in [1.29, 1.82) is 0 Å². The second-order valence-electron chi connectivity index (χ2n) is 13.4. The van der Waals surface area contributed by atoms with Crippen molar-refractivity contribution in [3.8, 4) is 0 Å². The van der Waals surface area contributed by atoms with Crippen LogP contribution >= 0.6 is 15.9 Å². The molecule has 3 fully saturated rings. The summed E-state index contributed by atoms with van der Waals surface area (Å²) in [6.45, 7) is 10.2. The summed E-state index contributed by atoms with van der Waals surface area (Å²) < 4.78 is 7.51. The zero-order chi connectivity index (χ0) is 28.4. The third-order valence-electron chi connectivity index (χ3n) is 10.8. The number of nitrogens with zero attached hydrogens (tertiary/aromatic N) is 2. The molecule has 7 atom stereocenters. The van der Waals surface area contributed by atoms with Gasteiger partial charge in [-0.15, -0.1) is 0 Å². The summed E-state index contributed by atoms with van der Waals surface area (Å²) in [4.78, 5) is 36.3. The first-order valence-corrected chi connectivity index (χ1v) is 15.5. The number of carbonyl (C=O) groups excluding carboxylic acids is 2. The van der Waals surface area contributed by atoms with Gasteiger partial charge in [-0.25, -0.2) is 0 Å². The van der Waals surface area contributed by atoms with Gasteiger partial charge in [0.1, 0.15) is 0 Å². The van der Waals surface area contributed by atoms with E-state index in [1.165, 1.54) is 10.9 Å². The van der Waals surface area contributed by atoms with Gasteiger partial charge in [-0.05, 0) is 84.4 Å². The summed E-state index contributed by atoms with van der Waals surface area (Å²) in [6, 6.07) is 6.04. The largest absolute Gasteiger partial charge is 0.364 e. The molecule has 0 radical (unpaired) electrons. The molecule has 3 saturated heterocycles. The van der Waals surface area contributed by atoms with Crippen molar-refractivity contribution < 1.29 is 19.4 Å². The highest BCUT2D eigenvalue weighted by Gasteiger charge is 2.70. The molecule has 1 amide bonds. The number of aromatic amines is 1. The van der Waals surface area contributed by atoms with E-state index in [9.17, 15) is 14.7 Å². The maximum absolute atomic E-state index is 14.2. The number of aliphatic hydroxyl groups is 1. The Kier molecular flexibility index (Phi) is 5.86. The van der Waals surface area contributed by atoms with E-state index >= 15 is 0 Å². The van der Waals surface area contributed by atoms with Gasteiger partial charge < -0.3 is 20.1 Å². The average Bonchev–Trinajstić information content (AvgIpc) is 3.55. The third-order valence-corrected chi connectivity index (χ3v) is 11.4. The maximum atomic E-state index is 14.2. The molecule has 0 spiro atoms. The number of aromatic nitrogens is 1. The first kappa shape index (κ1) is 26.8. The number of amides is 1. The number of ether oxygens (including phenoxy) is 1. The van der Waals surface area contributed by atoms with Crippen molar-refractivity contribution in [2.75, 3.05) is 26.7 Å². The number of rotatable bonds is 3. The van der Waals surface area contributed by atoms with Crippen LogP contribution in [0.25, 0.3) is 16.5 Å². The minimum absolute atomic E-state index is 0.0642. The van der Waals surface area contributed by atoms with Crippen LogP contribution in [0.5, 0.6) is 0 Å². The van der Waals surface area contributed by atoms with Crippen molar-refractivity contribution in [2.45, 2.75) is 70.1 Å². The predicted octanol–water partition coefficient (Wildman–Crippen LogP) is 3.68. The number of ketones is 1. The van der Waals surface area contributed by atoms with Gasteiger partial charge in [0.25, 0.3) is 0 Å². The van der Waals surface area contributed by atoms with Gasteiger partial charge >= 0.3 is 0 Å². The fourth-order valence-electron chi connectivity index (χ4n) is 8.55. The molecule has 9 heteroatoms. The zero-order valence-electron chi connectivity index (χ0n) is 23.9. The van der Waals surface area contributed by atoms with Gasteiger partial charge in [-0.3, -0.25) is 19.4 Å². The number of fused-ring (bicyclic) bond motifs is 5. The minimum atomic E-state index is -1.60. The quantitative estimate of drug-likeness (QED) is 0.490. The molecular weight excluding hydrogens is 572 g/mol. The van der Waals surface area contributed by atoms with Crippen molar-refractivity contribution in [1.82, 2.24) is 20.1 Å². The highest BCUT2D eigenvalue weighted by molar-refractivity contribution is 9.10. The summed E-state index contributed by atoms with van der Waals surface area (Å²) in [6.07, 6.45) is 4.68. The molecular formula is C31H39BrN4O4. The van der Waals surface area contributed by atoms with Crippen LogP contribution in [0.1, 0.15) is 51.7 Å². The number of Topliss-reactive ketones (excluding diaryl/α,β-unsaturated/α-hetero) is 1. The van der Waals surface area contributed by atoms with E-state index in [0.29, 0.717) is 6.54 Å². The Hall–Kier alpha value is -2.04.